The van der Waals surface area contributed by atoms with E-state index in [1.807, 2.05) is 6.07 Å². The summed E-state index contributed by atoms with van der Waals surface area (Å²) in [7, 11) is 3.06. The number of halogens is 1. The Balaban J connectivity index is 2.32. The van der Waals surface area contributed by atoms with Gasteiger partial charge in [-0.1, -0.05) is 11.6 Å². The van der Waals surface area contributed by atoms with E-state index in [1.54, 1.807) is 19.2 Å². The van der Waals surface area contributed by atoms with Crippen LogP contribution in [-0.2, 0) is 0 Å². The van der Waals surface area contributed by atoms with Crippen LogP contribution in [0.3, 0.4) is 0 Å². The van der Waals surface area contributed by atoms with Crippen LogP contribution in [0.15, 0.2) is 24.5 Å². The maximum absolute atomic E-state index is 6.07. The van der Waals surface area contributed by atoms with E-state index < -0.39 is 0 Å². The number of nitrogens with one attached hydrogen (secondary N) is 2. The number of nitrogen functional groups attached to an aromatic ring is 1. The average Bonchev–Trinajstić information content (AvgIpc) is 2.47. The molecule has 7 nitrogen and oxygen atoms in total. The monoisotopic (exact) mass is 295 g/mol. The second-order valence-electron chi connectivity index (χ2n) is 3.72. The molecular weight excluding hydrogens is 282 g/mol. The zero-order chi connectivity index (χ0) is 14.5. The molecule has 0 atom stereocenters. The second-order valence-corrected chi connectivity index (χ2v) is 4.13. The van der Waals surface area contributed by atoms with Crippen molar-refractivity contribution in [1.29, 1.82) is 0 Å². The van der Waals surface area contributed by atoms with Crippen LogP contribution in [0.5, 0.6) is 11.5 Å². The molecule has 0 radical (unpaired) electrons. The first-order valence-electron chi connectivity index (χ1n) is 5.65. The average molecular weight is 296 g/mol. The molecular formula is C12H14ClN5O2. The summed E-state index contributed by atoms with van der Waals surface area (Å²) in [6, 6.07) is 5.28. The minimum absolute atomic E-state index is 0.379. The first-order valence-corrected chi connectivity index (χ1v) is 6.03. The second kappa shape index (κ2) is 6.27. The van der Waals surface area contributed by atoms with Crippen LogP contribution in [0.2, 0.25) is 5.02 Å². The molecule has 0 aliphatic carbocycles. The van der Waals surface area contributed by atoms with E-state index in [9.17, 15) is 0 Å². The highest BCUT2D eigenvalue weighted by Crippen LogP contribution is 2.33. The minimum atomic E-state index is 0.379. The Morgan fingerprint density at radius 2 is 1.90 bits per heavy atom. The molecule has 1 aromatic carbocycles. The van der Waals surface area contributed by atoms with Gasteiger partial charge in [-0.05, 0) is 18.2 Å². The molecule has 0 fully saturated rings. The quantitative estimate of drug-likeness (QED) is 0.575. The summed E-state index contributed by atoms with van der Waals surface area (Å²) in [6.45, 7) is 0. The van der Waals surface area contributed by atoms with Gasteiger partial charge < -0.3 is 20.2 Å². The van der Waals surface area contributed by atoms with Crippen LogP contribution in [-0.4, -0.2) is 24.2 Å². The maximum atomic E-state index is 6.07. The standard InChI is InChI=1S/C12H14ClN5O2/c1-19-9-4-3-7(5-8(9)13)17-11-10(20-2)12(18-14)16-6-15-11/h3-6H,14H2,1-2H3,(H2,15,16,17,18). The van der Waals surface area contributed by atoms with Crippen LogP contribution in [0.25, 0.3) is 0 Å². The number of anilines is 3. The Hall–Kier alpha value is -2.25. The number of nitrogens with two attached hydrogens (primary N) is 1. The maximum Gasteiger partial charge on any atom is 0.205 e. The van der Waals surface area contributed by atoms with E-state index in [0.29, 0.717) is 28.2 Å². The Bertz CT molecular complexity index is 608. The fourth-order valence-electron chi connectivity index (χ4n) is 1.64. The van der Waals surface area contributed by atoms with Gasteiger partial charge in [-0.15, -0.1) is 0 Å². The highest BCUT2D eigenvalue weighted by atomic mass is 35.5. The van der Waals surface area contributed by atoms with Gasteiger partial charge in [0, 0.05) is 5.69 Å². The van der Waals surface area contributed by atoms with Gasteiger partial charge in [-0.25, -0.2) is 15.8 Å². The summed E-state index contributed by atoms with van der Waals surface area (Å²) in [6.07, 6.45) is 1.37. The first kappa shape index (κ1) is 14.2. The van der Waals surface area contributed by atoms with Crippen molar-refractivity contribution in [3.8, 4) is 11.5 Å². The number of methoxy groups -OCH3 is 2. The Labute approximate surface area is 121 Å². The molecule has 0 bridgehead atoms. The van der Waals surface area contributed by atoms with Gasteiger partial charge in [0.1, 0.15) is 12.1 Å². The summed E-state index contributed by atoms with van der Waals surface area (Å²) in [4.78, 5) is 8.07. The predicted molar refractivity (Wildman–Crippen MR) is 77.7 cm³/mol. The molecule has 0 aliphatic rings. The van der Waals surface area contributed by atoms with Crippen molar-refractivity contribution in [3.05, 3.63) is 29.5 Å². The van der Waals surface area contributed by atoms with Crippen molar-refractivity contribution in [2.75, 3.05) is 25.0 Å². The van der Waals surface area contributed by atoms with E-state index in [2.05, 4.69) is 20.7 Å². The summed E-state index contributed by atoms with van der Waals surface area (Å²) >= 11 is 6.07. The molecule has 0 saturated carbocycles. The lowest BCUT2D eigenvalue weighted by Gasteiger charge is -2.13. The van der Waals surface area contributed by atoms with Gasteiger partial charge >= 0.3 is 0 Å². The molecule has 2 aromatic rings. The number of nitrogens with zero attached hydrogens (tertiary/aromatic N) is 2. The van der Waals surface area contributed by atoms with Gasteiger partial charge in [-0.3, -0.25) is 0 Å². The largest absolute Gasteiger partial charge is 0.495 e. The Morgan fingerprint density at radius 1 is 1.15 bits per heavy atom. The van der Waals surface area contributed by atoms with E-state index >= 15 is 0 Å². The number of rotatable bonds is 5. The van der Waals surface area contributed by atoms with Gasteiger partial charge in [0.2, 0.25) is 5.75 Å². The molecule has 0 spiro atoms. The van der Waals surface area contributed by atoms with Crippen LogP contribution >= 0.6 is 11.6 Å². The molecule has 2 rings (SSSR count). The first-order chi connectivity index (χ1) is 9.69. The molecule has 0 amide bonds. The molecule has 1 heterocycles. The highest BCUT2D eigenvalue weighted by molar-refractivity contribution is 6.32. The molecule has 20 heavy (non-hydrogen) atoms. The molecule has 0 saturated heterocycles. The molecule has 0 aliphatic heterocycles. The van der Waals surface area contributed by atoms with Crippen LogP contribution in [0.4, 0.5) is 17.3 Å². The van der Waals surface area contributed by atoms with Crippen LogP contribution in [0, 0.1) is 0 Å². The fraction of sp³-hybridized carbons (Fsp3) is 0.167. The van der Waals surface area contributed by atoms with Crippen molar-refractivity contribution in [2.24, 2.45) is 5.84 Å². The highest BCUT2D eigenvalue weighted by Gasteiger charge is 2.12. The molecule has 8 heteroatoms. The Morgan fingerprint density at radius 3 is 2.50 bits per heavy atom. The number of aromatic nitrogens is 2. The number of hydrazine groups is 1. The third kappa shape index (κ3) is 2.84. The lowest BCUT2D eigenvalue weighted by atomic mass is 10.3. The zero-order valence-electron chi connectivity index (χ0n) is 11.0. The van der Waals surface area contributed by atoms with Gasteiger partial charge in [0.15, 0.2) is 11.6 Å². The van der Waals surface area contributed by atoms with Crippen molar-refractivity contribution in [3.63, 3.8) is 0 Å². The topological polar surface area (TPSA) is 94.3 Å². The Kier molecular flexibility index (Phi) is 4.44. The van der Waals surface area contributed by atoms with Crippen molar-refractivity contribution >= 4 is 28.9 Å². The van der Waals surface area contributed by atoms with Crippen molar-refractivity contribution in [1.82, 2.24) is 9.97 Å². The number of hydrogen-bond acceptors (Lipinski definition) is 7. The summed E-state index contributed by atoms with van der Waals surface area (Å²) in [5.41, 5.74) is 3.17. The summed E-state index contributed by atoms with van der Waals surface area (Å²) in [5, 5.41) is 3.57. The van der Waals surface area contributed by atoms with Crippen LogP contribution in [0.1, 0.15) is 0 Å². The van der Waals surface area contributed by atoms with Gasteiger partial charge in [0.05, 0.1) is 19.2 Å². The normalized spacial score (nSPS) is 10.0. The van der Waals surface area contributed by atoms with Crippen molar-refractivity contribution < 1.29 is 9.47 Å². The summed E-state index contributed by atoms with van der Waals surface area (Å²) in [5.74, 6) is 7.21. The van der Waals surface area contributed by atoms with E-state index in [1.165, 1.54) is 13.4 Å². The minimum Gasteiger partial charge on any atom is -0.495 e. The third-order valence-electron chi connectivity index (χ3n) is 2.56. The van der Waals surface area contributed by atoms with E-state index in [4.69, 9.17) is 26.9 Å². The third-order valence-corrected chi connectivity index (χ3v) is 2.85. The summed E-state index contributed by atoms with van der Waals surface area (Å²) < 4.78 is 10.3. The molecule has 106 valence electrons. The molecule has 4 N–H and O–H groups in total. The number of ether oxygens (including phenoxy) is 2. The smallest absolute Gasteiger partial charge is 0.205 e. The SMILES string of the molecule is COc1ccc(Nc2ncnc(NN)c2OC)cc1Cl. The number of benzene rings is 1. The van der Waals surface area contributed by atoms with E-state index in [-0.39, 0.29) is 0 Å². The molecule has 0 unspecified atom stereocenters. The van der Waals surface area contributed by atoms with E-state index in [0.717, 1.165) is 5.69 Å². The lowest BCUT2D eigenvalue weighted by Crippen LogP contribution is -2.11. The molecule has 1 aromatic heterocycles. The predicted octanol–water partition coefficient (Wildman–Crippen LogP) is 2.18. The fourth-order valence-corrected chi connectivity index (χ4v) is 1.90. The number of hydrogen-bond donors (Lipinski definition) is 3. The lowest BCUT2D eigenvalue weighted by molar-refractivity contribution is 0.414. The van der Waals surface area contributed by atoms with Crippen molar-refractivity contribution in [2.45, 2.75) is 0 Å². The van der Waals surface area contributed by atoms with Gasteiger partial charge in [0.25, 0.3) is 0 Å². The zero-order valence-corrected chi connectivity index (χ0v) is 11.7. The van der Waals surface area contributed by atoms with Crippen LogP contribution < -0.4 is 26.1 Å². The van der Waals surface area contributed by atoms with Gasteiger partial charge in [-0.2, -0.15) is 0 Å².